The fourth-order valence-corrected chi connectivity index (χ4v) is 2.27. The number of amides is 1. The Morgan fingerprint density at radius 1 is 1.47 bits per heavy atom. The molecule has 0 fully saturated rings. The highest BCUT2D eigenvalue weighted by Crippen LogP contribution is 2.34. The molecule has 0 aromatic carbocycles. The largest absolute Gasteiger partial charge is 0.343 e. The van der Waals surface area contributed by atoms with Crippen molar-refractivity contribution in [2.75, 3.05) is 16.8 Å². The van der Waals surface area contributed by atoms with Gasteiger partial charge in [0, 0.05) is 13.1 Å². The van der Waals surface area contributed by atoms with Crippen LogP contribution in [0.5, 0.6) is 0 Å². The van der Waals surface area contributed by atoms with Crippen LogP contribution < -0.4 is 10.2 Å². The number of nitrogens with one attached hydrogen (secondary N) is 1. The monoisotopic (exact) mass is 236 g/mol. The summed E-state index contributed by atoms with van der Waals surface area (Å²) < 4.78 is 1.87. The number of hydrogen-bond donors (Lipinski definition) is 1. The van der Waals surface area contributed by atoms with Crippen molar-refractivity contribution in [2.45, 2.75) is 39.7 Å². The van der Waals surface area contributed by atoms with Crippen molar-refractivity contribution in [3.8, 4) is 0 Å². The number of aryl methyl sites for hydroxylation is 2. The van der Waals surface area contributed by atoms with Crippen molar-refractivity contribution in [3.63, 3.8) is 0 Å². The molecule has 5 nitrogen and oxygen atoms in total. The Labute approximate surface area is 102 Å². The standard InChI is InChI=1S/C12H20N4O/c1-5-8(3)16-7-10(17)13-11-9(6-2)14-15(4)12(11)16/h8H,5-7H2,1-4H3,(H,13,17). The van der Waals surface area contributed by atoms with Gasteiger partial charge in [-0.2, -0.15) is 5.10 Å². The Balaban J connectivity index is 2.49. The van der Waals surface area contributed by atoms with Crippen molar-refractivity contribution >= 4 is 17.4 Å². The Kier molecular flexibility index (Phi) is 3.09. The van der Waals surface area contributed by atoms with Crippen molar-refractivity contribution in [1.29, 1.82) is 0 Å². The number of aromatic nitrogens is 2. The smallest absolute Gasteiger partial charge is 0.244 e. The first-order valence-electron chi connectivity index (χ1n) is 6.20. The maximum absolute atomic E-state index is 11.7. The number of hydrogen-bond acceptors (Lipinski definition) is 3. The zero-order chi connectivity index (χ0) is 12.6. The van der Waals surface area contributed by atoms with Gasteiger partial charge in [0.1, 0.15) is 5.69 Å². The molecule has 1 aromatic rings. The van der Waals surface area contributed by atoms with E-state index in [1.54, 1.807) is 0 Å². The Hall–Kier alpha value is -1.52. The summed E-state index contributed by atoms with van der Waals surface area (Å²) in [6.07, 6.45) is 1.84. The van der Waals surface area contributed by atoms with Crippen LogP contribution in [-0.4, -0.2) is 28.3 Å². The minimum atomic E-state index is 0.0560. The zero-order valence-corrected chi connectivity index (χ0v) is 10.9. The third-order valence-electron chi connectivity index (χ3n) is 3.40. The Morgan fingerprint density at radius 2 is 2.18 bits per heavy atom. The lowest BCUT2D eigenvalue weighted by atomic mass is 10.1. The van der Waals surface area contributed by atoms with Gasteiger partial charge in [-0.1, -0.05) is 13.8 Å². The fourth-order valence-electron chi connectivity index (χ4n) is 2.27. The summed E-state index contributed by atoms with van der Waals surface area (Å²) in [7, 11) is 1.94. The first-order valence-corrected chi connectivity index (χ1v) is 6.20. The number of carbonyl (C=O) groups is 1. The van der Waals surface area contributed by atoms with E-state index in [4.69, 9.17) is 0 Å². The summed E-state index contributed by atoms with van der Waals surface area (Å²) in [6.45, 7) is 6.75. The molecule has 94 valence electrons. The minimum Gasteiger partial charge on any atom is -0.343 e. The van der Waals surface area contributed by atoms with E-state index in [0.717, 1.165) is 30.0 Å². The SMILES string of the molecule is CCc1nn(C)c2c1NC(=O)CN2C(C)CC. The van der Waals surface area contributed by atoms with Crippen LogP contribution >= 0.6 is 0 Å². The second-order valence-electron chi connectivity index (χ2n) is 4.56. The van der Waals surface area contributed by atoms with Crippen LogP contribution in [0.15, 0.2) is 0 Å². The summed E-state index contributed by atoms with van der Waals surface area (Å²) in [5, 5.41) is 7.42. The molecule has 1 aliphatic heterocycles. The third kappa shape index (κ3) is 1.90. The molecule has 1 atom stereocenters. The molecule has 2 rings (SSSR count). The lowest BCUT2D eigenvalue weighted by molar-refractivity contribution is -0.115. The molecule has 0 bridgehead atoms. The maximum atomic E-state index is 11.7. The number of fused-ring (bicyclic) bond motifs is 1. The highest BCUT2D eigenvalue weighted by molar-refractivity contribution is 6.01. The van der Waals surface area contributed by atoms with Crippen LogP contribution in [0.4, 0.5) is 11.5 Å². The van der Waals surface area contributed by atoms with Gasteiger partial charge in [0.2, 0.25) is 5.91 Å². The van der Waals surface area contributed by atoms with Gasteiger partial charge in [0.05, 0.1) is 12.2 Å². The van der Waals surface area contributed by atoms with Gasteiger partial charge < -0.3 is 10.2 Å². The summed E-state index contributed by atoms with van der Waals surface area (Å²) in [5.41, 5.74) is 1.86. The van der Waals surface area contributed by atoms with E-state index in [0.29, 0.717) is 12.6 Å². The predicted octanol–water partition coefficient (Wildman–Crippen LogP) is 1.54. The summed E-state index contributed by atoms with van der Waals surface area (Å²) in [5.74, 6) is 1.09. The lowest BCUT2D eigenvalue weighted by Gasteiger charge is -2.33. The van der Waals surface area contributed by atoms with E-state index < -0.39 is 0 Å². The number of rotatable bonds is 3. The van der Waals surface area contributed by atoms with Gasteiger partial charge >= 0.3 is 0 Å². The normalized spacial score (nSPS) is 16.7. The van der Waals surface area contributed by atoms with Crippen molar-refractivity contribution < 1.29 is 4.79 Å². The van der Waals surface area contributed by atoms with Gasteiger partial charge in [0.25, 0.3) is 0 Å². The van der Waals surface area contributed by atoms with Gasteiger partial charge in [0.15, 0.2) is 5.82 Å². The van der Waals surface area contributed by atoms with Crippen LogP contribution in [0.1, 0.15) is 32.9 Å². The molecule has 2 heterocycles. The highest BCUT2D eigenvalue weighted by Gasteiger charge is 2.30. The van der Waals surface area contributed by atoms with E-state index in [1.807, 2.05) is 11.7 Å². The average molecular weight is 236 g/mol. The zero-order valence-electron chi connectivity index (χ0n) is 10.9. The van der Waals surface area contributed by atoms with E-state index >= 15 is 0 Å². The van der Waals surface area contributed by atoms with Gasteiger partial charge in [-0.25, -0.2) is 0 Å². The molecule has 1 aromatic heterocycles. The van der Waals surface area contributed by atoms with E-state index in [-0.39, 0.29) is 5.91 Å². The van der Waals surface area contributed by atoms with Gasteiger partial charge in [-0.15, -0.1) is 0 Å². The molecule has 0 saturated carbocycles. The summed E-state index contributed by atoms with van der Waals surface area (Å²) in [4.78, 5) is 13.9. The molecule has 0 radical (unpaired) electrons. The second-order valence-corrected chi connectivity index (χ2v) is 4.56. The Bertz CT molecular complexity index is 438. The topological polar surface area (TPSA) is 50.2 Å². The van der Waals surface area contributed by atoms with Gasteiger partial charge in [-0.05, 0) is 19.8 Å². The first kappa shape index (κ1) is 12.0. The summed E-state index contributed by atoms with van der Waals surface area (Å²) >= 11 is 0. The first-order chi connectivity index (χ1) is 8.08. The van der Waals surface area contributed by atoms with Crippen LogP contribution in [0.25, 0.3) is 0 Å². The molecule has 0 spiro atoms. The quantitative estimate of drug-likeness (QED) is 0.866. The fraction of sp³-hybridized carbons (Fsp3) is 0.667. The minimum absolute atomic E-state index is 0.0560. The Morgan fingerprint density at radius 3 is 2.76 bits per heavy atom. The molecule has 5 heteroatoms. The molecule has 0 aliphatic carbocycles. The molecule has 0 saturated heterocycles. The van der Waals surface area contributed by atoms with E-state index in [1.165, 1.54) is 0 Å². The van der Waals surface area contributed by atoms with Crippen LogP contribution in [0.3, 0.4) is 0 Å². The molecule has 17 heavy (non-hydrogen) atoms. The molecular formula is C12H20N4O. The van der Waals surface area contributed by atoms with Crippen LogP contribution in [0.2, 0.25) is 0 Å². The number of anilines is 2. The highest BCUT2D eigenvalue weighted by atomic mass is 16.2. The number of carbonyl (C=O) groups excluding carboxylic acids is 1. The van der Waals surface area contributed by atoms with Crippen LogP contribution in [-0.2, 0) is 18.3 Å². The van der Waals surface area contributed by atoms with Crippen molar-refractivity contribution in [3.05, 3.63) is 5.69 Å². The molecule has 1 N–H and O–H groups in total. The van der Waals surface area contributed by atoms with Crippen molar-refractivity contribution in [2.24, 2.45) is 7.05 Å². The number of nitrogens with zero attached hydrogens (tertiary/aromatic N) is 3. The summed E-state index contributed by atoms with van der Waals surface area (Å²) in [6, 6.07) is 0.347. The average Bonchev–Trinajstić information content (AvgIpc) is 2.64. The second kappa shape index (κ2) is 4.39. The van der Waals surface area contributed by atoms with Gasteiger partial charge in [-0.3, -0.25) is 9.48 Å². The van der Waals surface area contributed by atoms with E-state index in [9.17, 15) is 4.79 Å². The lowest BCUT2D eigenvalue weighted by Crippen LogP contribution is -2.44. The van der Waals surface area contributed by atoms with Crippen molar-refractivity contribution in [1.82, 2.24) is 9.78 Å². The predicted molar refractivity (Wildman–Crippen MR) is 68.3 cm³/mol. The maximum Gasteiger partial charge on any atom is 0.244 e. The molecular weight excluding hydrogens is 216 g/mol. The van der Waals surface area contributed by atoms with Crippen LogP contribution in [0, 0.1) is 0 Å². The molecule has 1 amide bonds. The molecule has 1 unspecified atom stereocenters. The third-order valence-corrected chi connectivity index (χ3v) is 3.40. The van der Waals surface area contributed by atoms with E-state index in [2.05, 4.69) is 36.1 Å². The molecule has 1 aliphatic rings.